The second-order valence-corrected chi connectivity index (χ2v) is 7.11. The molecule has 0 aliphatic rings. The zero-order chi connectivity index (χ0) is 19.3. The van der Waals surface area contributed by atoms with E-state index in [4.69, 9.17) is 4.55 Å². The van der Waals surface area contributed by atoms with E-state index >= 15 is 0 Å². The van der Waals surface area contributed by atoms with Crippen molar-refractivity contribution in [3.8, 4) is 0 Å². The van der Waals surface area contributed by atoms with E-state index < -0.39 is 10.1 Å². The van der Waals surface area contributed by atoms with Gasteiger partial charge in [-0.2, -0.15) is 8.42 Å². The molecule has 0 bridgehead atoms. The van der Waals surface area contributed by atoms with Crippen molar-refractivity contribution >= 4 is 38.4 Å². The van der Waals surface area contributed by atoms with Crippen LogP contribution in [-0.4, -0.2) is 24.4 Å². The van der Waals surface area contributed by atoms with Crippen LogP contribution in [0.2, 0.25) is 0 Å². The van der Waals surface area contributed by atoms with Crippen LogP contribution in [0.15, 0.2) is 77.7 Å². The SMILES string of the molecule is O=COCc1ccccc1.O=S(=O)(O)c1cccc2c1[nH]c1ccccc12. The highest BCUT2D eigenvalue weighted by molar-refractivity contribution is 7.86. The minimum Gasteiger partial charge on any atom is -0.463 e. The number of benzene rings is 3. The van der Waals surface area contributed by atoms with Gasteiger partial charge in [-0.15, -0.1) is 0 Å². The van der Waals surface area contributed by atoms with Gasteiger partial charge in [-0.3, -0.25) is 9.35 Å². The van der Waals surface area contributed by atoms with Crippen molar-refractivity contribution in [3.05, 3.63) is 78.4 Å². The van der Waals surface area contributed by atoms with Crippen LogP contribution in [-0.2, 0) is 26.3 Å². The largest absolute Gasteiger partial charge is 0.463 e. The summed E-state index contributed by atoms with van der Waals surface area (Å²) in [4.78, 5) is 12.7. The summed E-state index contributed by atoms with van der Waals surface area (Å²) in [5.41, 5.74) is 2.30. The fourth-order valence-electron chi connectivity index (χ4n) is 2.77. The number of nitrogens with one attached hydrogen (secondary N) is 1. The minimum absolute atomic E-state index is 0.0915. The topological polar surface area (TPSA) is 96.5 Å². The normalized spacial score (nSPS) is 11.0. The van der Waals surface area contributed by atoms with Gasteiger partial charge in [-0.1, -0.05) is 60.7 Å². The maximum Gasteiger partial charge on any atom is 0.296 e. The van der Waals surface area contributed by atoms with Crippen molar-refractivity contribution in [1.82, 2.24) is 4.98 Å². The monoisotopic (exact) mass is 383 g/mol. The van der Waals surface area contributed by atoms with Gasteiger partial charge in [0.1, 0.15) is 11.5 Å². The van der Waals surface area contributed by atoms with Crippen molar-refractivity contribution in [3.63, 3.8) is 0 Å². The summed E-state index contributed by atoms with van der Waals surface area (Å²) in [5.74, 6) is 0. The molecule has 1 aromatic heterocycles. The van der Waals surface area contributed by atoms with Crippen molar-refractivity contribution in [1.29, 1.82) is 0 Å². The van der Waals surface area contributed by atoms with E-state index in [0.717, 1.165) is 21.9 Å². The van der Waals surface area contributed by atoms with E-state index in [1.165, 1.54) is 6.07 Å². The van der Waals surface area contributed by atoms with Crippen LogP contribution in [0.25, 0.3) is 21.8 Å². The van der Waals surface area contributed by atoms with Gasteiger partial charge in [0, 0.05) is 16.3 Å². The second-order valence-electron chi connectivity index (χ2n) is 5.72. The summed E-state index contributed by atoms with van der Waals surface area (Å²) in [6, 6.07) is 21.9. The fraction of sp³-hybridized carbons (Fsp3) is 0.0500. The molecule has 27 heavy (non-hydrogen) atoms. The molecule has 138 valence electrons. The maximum absolute atomic E-state index is 11.3. The number of hydrogen-bond donors (Lipinski definition) is 2. The first-order valence-corrected chi connectivity index (χ1v) is 9.51. The number of hydrogen-bond acceptors (Lipinski definition) is 4. The van der Waals surface area contributed by atoms with E-state index in [-0.39, 0.29) is 4.90 Å². The smallest absolute Gasteiger partial charge is 0.296 e. The van der Waals surface area contributed by atoms with Crippen molar-refractivity contribution in [2.75, 3.05) is 0 Å². The zero-order valence-corrected chi connectivity index (χ0v) is 15.0. The van der Waals surface area contributed by atoms with Gasteiger partial charge in [-0.25, -0.2) is 0 Å². The summed E-state index contributed by atoms with van der Waals surface area (Å²) in [7, 11) is -4.21. The molecule has 2 N–H and O–H groups in total. The molecule has 4 aromatic rings. The summed E-state index contributed by atoms with van der Waals surface area (Å²) in [5, 5.41) is 1.73. The first kappa shape index (κ1) is 18.6. The van der Waals surface area contributed by atoms with Crippen molar-refractivity contribution in [2.45, 2.75) is 11.5 Å². The molecule has 0 fully saturated rings. The van der Waals surface area contributed by atoms with Crippen LogP contribution in [0.3, 0.4) is 0 Å². The lowest BCUT2D eigenvalue weighted by atomic mass is 10.1. The quantitative estimate of drug-likeness (QED) is 0.411. The lowest BCUT2D eigenvalue weighted by molar-refractivity contribution is -0.129. The molecular formula is C20H17NO5S. The number of rotatable bonds is 4. The van der Waals surface area contributed by atoms with Gasteiger partial charge >= 0.3 is 0 Å². The second kappa shape index (κ2) is 8.03. The third kappa shape index (κ3) is 4.33. The van der Waals surface area contributed by atoms with Gasteiger partial charge in [0.15, 0.2) is 0 Å². The Labute approximate surface area is 156 Å². The molecule has 0 amide bonds. The van der Waals surface area contributed by atoms with E-state index in [1.54, 1.807) is 6.07 Å². The summed E-state index contributed by atoms with van der Waals surface area (Å²) < 4.78 is 36.2. The predicted octanol–water partition coefficient (Wildman–Crippen LogP) is 3.93. The van der Waals surface area contributed by atoms with Gasteiger partial charge < -0.3 is 9.72 Å². The van der Waals surface area contributed by atoms with Gasteiger partial charge in [0.25, 0.3) is 16.6 Å². The van der Waals surface area contributed by atoms with Crippen LogP contribution in [0.1, 0.15) is 5.56 Å². The highest BCUT2D eigenvalue weighted by Gasteiger charge is 2.16. The Morgan fingerprint density at radius 1 is 0.889 bits per heavy atom. The van der Waals surface area contributed by atoms with Crippen molar-refractivity contribution < 1.29 is 22.5 Å². The molecule has 0 aliphatic carbocycles. The van der Waals surface area contributed by atoms with Crippen LogP contribution in [0.5, 0.6) is 0 Å². The Morgan fingerprint density at radius 2 is 1.56 bits per heavy atom. The standard InChI is InChI=1S/C12H9NO3S.C8H8O2/c14-17(15,16)11-7-3-5-9-8-4-1-2-6-10(8)13-12(9)11;9-7-10-6-8-4-2-1-3-5-8/h1-7,13H,(H,14,15,16);1-5,7H,6H2. The molecule has 0 saturated heterocycles. The van der Waals surface area contributed by atoms with Gasteiger partial charge in [-0.05, 0) is 17.7 Å². The van der Waals surface area contributed by atoms with Crippen LogP contribution < -0.4 is 0 Å². The first-order chi connectivity index (χ1) is 13.0. The number of ether oxygens (including phenoxy) is 1. The Hall–Kier alpha value is -3.16. The lowest BCUT2D eigenvalue weighted by Gasteiger charge is -1.98. The molecule has 0 radical (unpaired) electrons. The number of carbonyl (C=O) groups is 1. The van der Waals surface area contributed by atoms with Gasteiger partial charge in [0.2, 0.25) is 0 Å². The van der Waals surface area contributed by atoms with Crippen molar-refractivity contribution in [2.24, 2.45) is 0 Å². The number of aromatic nitrogens is 1. The molecule has 0 aliphatic heterocycles. The number of aromatic amines is 1. The molecule has 7 heteroatoms. The molecular weight excluding hydrogens is 366 g/mol. The molecule has 1 heterocycles. The van der Waals surface area contributed by atoms with Crippen LogP contribution >= 0.6 is 0 Å². The zero-order valence-electron chi connectivity index (χ0n) is 14.2. The van der Waals surface area contributed by atoms with E-state index in [0.29, 0.717) is 18.6 Å². The third-order valence-electron chi connectivity index (χ3n) is 3.94. The summed E-state index contributed by atoms with van der Waals surface area (Å²) in [6.45, 7) is 0.817. The number of fused-ring (bicyclic) bond motifs is 3. The fourth-order valence-corrected chi connectivity index (χ4v) is 3.44. The Bertz CT molecular complexity index is 1170. The average Bonchev–Trinajstić information content (AvgIpc) is 3.05. The summed E-state index contributed by atoms with van der Waals surface area (Å²) >= 11 is 0. The molecule has 0 saturated carbocycles. The Kier molecular flexibility index (Phi) is 5.54. The molecule has 0 atom stereocenters. The van der Waals surface area contributed by atoms with Gasteiger partial charge in [0.05, 0.1) is 5.52 Å². The van der Waals surface area contributed by atoms with Crippen LogP contribution in [0.4, 0.5) is 0 Å². The highest BCUT2D eigenvalue weighted by Crippen LogP contribution is 2.29. The number of H-pyrrole nitrogens is 1. The lowest BCUT2D eigenvalue weighted by Crippen LogP contribution is -1.98. The summed E-state index contributed by atoms with van der Waals surface area (Å²) in [6.07, 6.45) is 0. The average molecular weight is 383 g/mol. The van der Waals surface area contributed by atoms with Crippen LogP contribution in [0, 0.1) is 0 Å². The van der Waals surface area contributed by atoms with E-state index in [9.17, 15) is 13.2 Å². The molecule has 0 unspecified atom stereocenters. The third-order valence-corrected chi connectivity index (χ3v) is 4.84. The Balaban J connectivity index is 0.000000180. The number of para-hydroxylation sites is 2. The highest BCUT2D eigenvalue weighted by atomic mass is 32.2. The molecule has 0 spiro atoms. The first-order valence-electron chi connectivity index (χ1n) is 8.07. The van der Waals surface area contributed by atoms with E-state index in [2.05, 4.69) is 9.72 Å². The van der Waals surface area contributed by atoms with E-state index in [1.807, 2.05) is 60.7 Å². The molecule has 6 nitrogen and oxygen atoms in total. The Morgan fingerprint density at radius 3 is 2.26 bits per heavy atom. The predicted molar refractivity (Wildman–Crippen MR) is 103 cm³/mol. The molecule has 4 rings (SSSR count). The number of carbonyl (C=O) groups excluding carboxylic acids is 1. The molecule has 3 aromatic carbocycles. The maximum atomic E-state index is 11.3. The minimum atomic E-state index is -4.21.